The van der Waals surface area contributed by atoms with Crippen LogP contribution in [0.15, 0.2) is 41.5 Å². The Balaban J connectivity index is 1.87. The maximum absolute atomic E-state index is 11.2. The van der Waals surface area contributed by atoms with Crippen molar-refractivity contribution in [1.82, 2.24) is 5.32 Å². The molecule has 1 unspecified atom stereocenters. The Morgan fingerprint density at radius 2 is 2.26 bits per heavy atom. The Kier molecular flexibility index (Phi) is 4.57. The van der Waals surface area contributed by atoms with Crippen molar-refractivity contribution >= 4 is 10.0 Å². The highest BCUT2D eigenvalue weighted by molar-refractivity contribution is 7.89. The van der Waals surface area contributed by atoms with Gasteiger partial charge in [-0.1, -0.05) is 12.1 Å². The highest BCUT2D eigenvalue weighted by atomic mass is 32.2. The lowest BCUT2D eigenvalue weighted by molar-refractivity contribution is 0.122. The molecule has 0 aromatic heterocycles. The molecule has 0 radical (unpaired) electrons. The molecule has 1 aromatic rings. The van der Waals surface area contributed by atoms with E-state index in [4.69, 9.17) is 9.88 Å². The average molecular weight is 282 g/mol. The molecule has 0 spiro atoms. The lowest BCUT2D eigenvalue weighted by Crippen LogP contribution is -2.28. The lowest BCUT2D eigenvalue weighted by Gasteiger charge is -2.19. The van der Waals surface area contributed by atoms with Crippen LogP contribution < -0.4 is 10.5 Å². The van der Waals surface area contributed by atoms with Gasteiger partial charge in [0.2, 0.25) is 10.0 Å². The van der Waals surface area contributed by atoms with Gasteiger partial charge in [-0.25, -0.2) is 13.6 Å². The standard InChI is InChI=1S/C13H18N2O3S/c14-19(16,17)13-6-3-4-11(8-13)9-15-10-12-5-1-2-7-18-12/h2-4,6-8,12,15H,1,5,9-10H2,(H2,14,16,17). The van der Waals surface area contributed by atoms with Crippen molar-refractivity contribution < 1.29 is 13.2 Å². The van der Waals surface area contributed by atoms with Crippen LogP contribution in [-0.2, 0) is 21.3 Å². The Morgan fingerprint density at radius 3 is 2.95 bits per heavy atom. The van der Waals surface area contributed by atoms with Crippen LogP contribution in [0.4, 0.5) is 0 Å². The number of nitrogens with one attached hydrogen (secondary N) is 1. The second-order valence-electron chi connectivity index (χ2n) is 4.53. The van der Waals surface area contributed by atoms with Gasteiger partial charge in [0.05, 0.1) is 11.2 Å². The molecule has 1 aliphatic rings. The van der Waals surface area contributed by atoms with Crippen LogP contribution in [0.1, 0.15) is 18.4 Å². The van der Waals surface area contributed by atoms with E-state index in [-0.39, 0.29) is 11.0 Å². The first-order valence-corrected chi connectivity index (χ1v) is 7.73. The Hall–Kier alpha value is -1.37. The topological polar surface area (TPSA) is 81.4 Å². The van der Waals surface area contributed by atoms with E-state index in [1.54, 1.807) is 18.4 Å². The quantitative estimate of drug-likeness (QED) is 0.848. The summed E-state index contributed by atoms with van der Waals surface area (Å²) in [4.78, 5) is 0.142. The minimum atomic E-state index is -3.63. The van der Waals surface area contributed by atoms with Crippen molar-refractivity contribution in [3.63, 3.8) is 0 Å². The highest BCUT2D eigenvalue weighted by Gasteiger charge is 2.11. The number of rotatable bonds is 5. The predicted molar refractivity (Wildman–Crippen MR) is 72.8 cm³/mol. The molecule has 1 atom stereocenters. The zero-order valence-electron chi connectivity index (χ0n) is 10.6. The molecule has 0 aliphatic carbocycles. The zero-order valence-corrected chi connectivity index (χ0v) is 11.4. The van der Waals surface area contributed by atoms with Crippen LogP contribution in [0.25, 0.3) is 0 Å². The lowest BCUT2D eigenvalue weighted by atomic mass is 10.1. The third kappa shape index (κ3) is 4.34. The number of allylic oxidation sites excluding steroid dienone is 1. The number of hydrogen-bond acceptors (Lipinski definition) is 4. The molecule has 1 aromatic carbocycles. The summed E-state index contributed by atoms with van der Waals surface area (Å²) in [5, 5.41) is 8.35. The first-order chi connectivity index (χ1) is 9.05. The van der Waals surface area contributed by atoms with Crippen molar-refractivity contribution in [2.75, 3.05) is 6.54 Å². The Morgan fingerprint density at radius 1 is 1.42 bits per heavy atom. The van der Waals surface area contributed by atoms with Gasteiger partial charge in [0, 0.05) is 13.1 Å². The van der Waals surface area contributed by atoms with Crippen LogP contribution in [0, 0.1) is 0 Å². The number of hydrogen-bond donors (Lipinski definition) is 2. The zero-order chi connectivity index (χ0) is 13.7. The fraction of sp³-hybridized carbons (Fsp3) is 0.385. The van der Waals surface area contributed by atoms with Crippen molar-refractivity contribution in [3.8, 4) is 0 Å². The average Bonchev–Trinajstić information content (AvgIpc) is 2.39. The first kappa shape index (κ1) is 14.0. The van der Waals surface area contributed by atoms with Gasteiger partial charge < -0.3 is 10.1 Å². The molecule has 0 amide bonds. The van der Waals surface area contributed by atoms with Crippen molar-refractivity contribution in [1.29, 1.82) is 0 Å². The van der Waals surface area contributed by atoms with Crippen molar-refractivity contribution in [2.45, 2.75) is 30.4 Å². The number of benzene rings is 1. The molecule has 1 aliphatic heterocycles. The summed E-state index contributed by atoms with van der Waals surface area (Å²) in [6, 6.07) is 6.64. The SMILES string of the molecule is NS(=O)(=O)c1cccc(CNCC2CCC=CO2)c1. The molecule has 3 N–H and O–H groups in total. The number of nitrogens with two attached hydrogens (primary N) is 1. The summed E-state index contributed by atoms with van der Waals surface area (Å²) in [5.41, 5.74) is 0.887. The van der Waals surface area contributed by atoms with Gasteiger partial charge in [-0.15, -0.1) is 0 Å². The molecule has 6 heteroatoms. The summed E-state index contributed by atoms with van der Waals surface area (Å²) < 4.78 is 27.9. The van der Waals surface area contributed by atoms with Gasteiger partial charge in [-0.3, -0.25) is 0 Å². The predicted octanol–water partition coefficient (Wildman–Crippen LogP) is 1.12. The fourth-order valence-electron chi connectivity index (χ4n) is 1.94. The molecular weight excluding hydrogens is 264 g/mol. The van der Waals surface area contributed by atoms with Crippen molar-refractivity contribution in [3.05, 3.63) is 42.2 Å². The Bertz CT molecular complexity index is 555. The van der Waals surface area contributed by atoms with E-state index < -0.39 is 10.0 Å². The van der Waals surface area contributed by atoms with Gasteiger partial charge in [-0.05, 0) is 36.6 Å². The second-order valence-corrected chi connectivity index (χ2v) is 6.09. The smallest absolute Gasteiger partial charge is 0.238 e. The van der Waals surface area contributed by atoms with Gasteiger partial charge in [-0.2, -0.15) is 0 Å². The minimum absolute atomic E-state index is 0.142. The molecule has 2 rings (SSSR count). The van der Waals surface area contributed by atoms with E-state index in [0.717, 1.165) is 24.9 Å². The molecule has 104 valence electrons. The molecule has 0 saturated heterocycles. The van der Waals surface area contributed by atoms with E-state index in [2.05, 4.69) is 5.32 Å². The molecule has 5 nitrogen and oxygen atoms in total. The third-order valence-electron chi connectivity index (χ3n) is 2.95. The molecule has 19 heavy (non-hydrogen) atoms. The summed E-state index contributed by atoms with van der Waals surface area (Å²) in [5.74, 6) is 0. The first-order valence-electron chi connectivity index (χ1n) is 6.18. The maximum Gasteiger partial charge on any atom is 0.238 e. The molecule has 0 bridgehead atoms. The number of sulfonamides is 1. The summed E-state index contributed by atoms with van der Waals surface area (Å²) >= 11 is 0. The van der Waals surface area contributed by atoms with Gasteiger partial charge in [0.1, 0.15) is 6.10 Å². The van der Waals surface area contributed by atoms with Crippen LogP contribution in [0.3, 0.4) is 0 Å². The second kappa shape index (κ2) is 6.18. The van der Waals surface area contributed by atoms with Crippen LogP contribution in [-0.4, -0.2) is 21.1 Å². The van der Waals surface area contributed by atoms with Crippen LogP contribution in [0.2, 0.25) is 0 Å². The summed E-state index contributed by atoms with van der Waals surface area (Å²) in [6.45, 7) is 1.33. The normalized spacial score (nSPS) is 19.1. The van der Waals surface area contributed by atoms with Gasteiger partial charge in [0.25, 0.3) is 0 Å². The van der Waals surface area contributed by atoms with E-state index in [1.807, 2.05) is 12.1 Å². The van der Waals surface area contributed by atoms with Crippen LogP contribution in [0.5, 0.6) is 0 Å². The minimum Gasteiger partial charge on any atom is -0.497 e. The molecular formula is C13H18N2O3S. The summed E-state index contributed by atoms with van der Waals surface area (Å²) in [7, 11) is -3.63. The fourth-order valence-corrected chi connectivity index (χ4v) is 2.53. The van der Waals surface area contributed by atoms with Gasteiger partial charge >= 0.3 is 0 Å². The van der Waals surface area contributed by atoms with Gasteiger partial charge in [0.15, 0.2) is 0 Å². The highest BCUT2D eigenvalue weighted by Crippen LogP contribution is 2.11. The van der Waals surface area contributed by atoms with Crippen molar-refractivity contribution in [2.24, 2.45) is 5.14 Å². The Labute approximate surface area is 113 Å². The summed E-state index contributed by atoms with van der Waals surface area (Å²) in [6.07, 6.45) is 5.96. The molecule has 0 saturated carbocycles. The molecule has 0 fully saturated rings. The molecule has 1 heterocycles. The van der Waals surface area contributed by atoms with E-state index in [9.17, 15) is 8.42 Å². The third-order valence-corrected chi connectivity index (χ3v) is 3.86. The maximum atomic E-state index is 11.2. The number of ether oxygens (including phenoxy) is 1. The monoisotopic (exact) mass is 282 g/mol. The largest absolute Gasteiger partial charge is 0.497 e. The van der Waals surface area contributed by atoms with E-state index in [1.165, 1.54) is 6.07 Å². The van der Waals surface area contributed by atoms with E-state index in [0.29, 0.717) is 6.54 Å². The van der Waals surface area contributed by atoms with E-state index >= 15 is 0 Å². The number of primary sulfonamides is 1. The van der Waals surface area contributed by atoms with Crippen LogP contribution >= 0.6 is 0 Å².